The van der Waals surface area contributed by atoms with Gasteiger partial charge in [0, 0.05) is 108 Å². The maximum Gasteiger partial charge on any atom is 0.246 e. The highest BCUT2D eigenvalue weighted by Gasteiger charge is 2.45. The summed E-state index contributed by atoms with van der Waals surface area (Å²) >= 11 is 0. The number of aromatic nitrogens is 1. The van der Waals surface area contributed by atoms with Gasteiger partial charge in [0.25, 0.3) is 0 Å². The number of aliphatic imine (C=N–C) groups is 3. The number of rotatable bonds is 20. The Balaban J connectivity index is 1.23. The van der Waals surface area contributed by atoms with Gasteiger partial charge in [0.1, 0.15) is 54.4 Å². The second-order valence-electron chi connectivity index (χ2n) is 23.2. The van der Waals surface area contributed by atoms with E-state index in [9.17, 15) is 38.4 Å². The first-order chi connectivity index (χ1) is 44.2. The van der Waals surface area contributed by atoms with Gasteiger partial charge < -0.3 is 85.6 Å². The van der Waals surface area contributed by atoms with Crippen LogP contribution in [0.25, 0.3) is 10.9 Å². The van der Waals surface area contributed by atoms with Gasteiger partial charge in [-0.2, -0.15) is 0 Å². The van der Waals surface area contributed by atoms with Gasteiger partial charge in [0.05, 0.1) is 0 Å². The van der Waals surface area contributed by atoms with Gasteiger partial charge in [-0.05, 0) is 87.8 Å². The quantitative estimate of drug-likeness (QED) is 0.0320. The molecular formula is C62H87N19O11. The molecule has 11 amide bonds. The predicted octanol–water partition coefficient (Wildman–Crippen LogP) is -2.36. The molecule has 1 aromatic heterocycles. The second kappa shape index (κ2) is 34.3. The average molecular weight is 1270 g/mol. The number of hydrogen-bond donors (Lipinski definition) is 14. The number of fused-ring (bicyclic) bond motifs is 1. The van der Waals surface area contributed by atoms with E-state index in [2.05, 4.69) is 67.8 Å². The lowest BCUT2D eigenvalue weighted by atomic mass is 10.0. The largest absolute Gasteiger partial charge is 0.370 e. The number of nitrogens with two attached hydrogens (primary N) is 4. The van der Waals surface area contributed by atoms with E-state index in [0.717, 1.165) is 10.9 Å². The van der Waals surface area contributed by atoms with Crippen molar-refractivity contribution in [1.82, 2.24) is 62.6 Å². The molecule has 5 heterocycles. The SMILES string of the molecule is CNC(=O)[C@H](CCCN=C(N)N)NC(=O)[C@@H]1CCCN1C(=O)[C@@H]1CCCN1C(=O)[C@@H]1CCCNC(=O)CC[C@H](NC(C)=O)C(=O)N[C@@H](CC2=CCC=N2)C(=O)N[C@H](Cc2ccccc2)C(=O)N[C@@H](CCCN=C(N)N)C(=O)N[C@@H](Cc2c[nH]c3ccccc23)C(=O)N1. The van der Waals surface area contributed by atoms with E-state index in [1.165, 1.54) is 23.8 Å². The summed E-state index contributed by atoms with van der Waals surface area (Å²) in [5, 5.41) is 25.5. The number of benzene rings is 2. The Kier molecular flexibility index (Phi) is 26.0. The molecule has 18 N–H and O–H groups in total. The van der Waals surface area contributed by atoms with Crippen molar-refractivity contribution in [3.63, 3.8) is 0 Å². The lowest BCUT2D eigenvalue weighted by Crippen LogP contribution is -2.61. The Morgan fingerprint density at radius 3 is 1.96 bits per heavy atom. The van der Waals surface area contributed by atoms with Crippen molar-refractivity contribution in [2.24, 2.45) is 37.9 Å². The van der Waals surface area contributed by atoms with E-state index in [1.807, 2.05) is 18.2 Å². The summed E-state index contributed by atoms with van der Waals surface area (Å²) in [6.45, 7) is 1.66. The van der Waals surface area contributed by atoms with Gasteiger partial charge in [-0.15, -0.1) is 0 Å². The lowest BCUT2D eigenvalue weighted by molar-refractivity contribution is -0.148. The zero-order valence-electron chi connectivity index (χ0n) is 52.0. The van der Waals surface area contributed by atoms with E-state index in [1.54, 1.807) is 54.9 Å². The maximum absolute atomic E-state index is 15.3. The fourth-order valence-electron chi connectivity index (χ4n) is 11.8. The Morgan fingerprint density at radius 2 is 1.28 bits per heavy atom. The van der Waals surface area contributed by atoms with Crippen LogP contribution in [0.4, 0.5) is 0 Å². The number of H-pyrrole nitrogens is 1. The molecule has 496 valence electrons. The minimum absolute atomic E-state index is 0.0292. The number of nitrogens with zero attached hydrogens (tertiary/aromatic N) is 5. The van der Waals surface area contributed by atoms with E-state index in [-0.39, 0.29) is 122 Å². The highest BCUT2D eigenvalue weighted by molar-refractivity contribution is 5.99. The van der Waals surface area contributed by atoms with Crippen molar-refractivity contribution in [2.75, 3.05) is 39.8 Å². The van der Waals surface area contributed by atoms with Crippen LogP contribution in [-0.4, -0.2) is 192 Å². The summed E-state index contributed by atoms with van der Waals surface area (Å²) in [4.78, 5) is 176. The Hall–Kier alpha value is -9.90. The summed E-state index contributed by atoms with van der Waals surface area (Å²) in [7, 11) is 1.43. The third kappa shape index (κ3) is 20.3. The van der Waals surface area contributed by atoms with Crippen LogP contribution < -0.4 is 70.8 Å². The molecule has 2 aromatic carbocycles. The number of nitrogens with one attached hydrogen (secondary N) is 10. The van der Waals surface area contributed by atoms with Crippen LogP contribution in [-0.2, 0) is 65.6 Å². The molecule has 0 unspecified atom stereocenters. The van der Waals surface area contributed by atoms with E-state index < -0.39 is 119 Å². The summed E-state index contributed by atoms with van der Waals surface area (Å²) < 4.78 is 0. The fraction of sp³-hybridized carbons (Fsp3) is 0.516. The minimum Gasteiger partial charge on any atom is -0.370 e. The van der Waals surface area contributed by atoms with Gasteiger partial charge in [0.2, 0.25) is 65.0 Å². The smallest absolute Gasteiger partial charge is 0.246 e. The standard InChI is InChI=1S/C62H87N19O11/c1-36(82)73-44-24-25-51(83)69-27-11-21-45(59(91)81-31-13-23-50(81)60(92)80-30-12-22-49(80)58(90)75-42(52(84)67-2)19-9-28-70-61(63)64)76-56(88)47(33-38-35-72-41-18-7-6-17-40(38)41)78-53(85)43(20-10-29-71-62(65)66)74-55(87)46(32-37-14-4-3-5-15-37)77-57(89)48(79-54(44)86)34-39-16-8-26-68-39/h3-7,14-18,26,35,42-50,72H,8-13,19-25,27-34H2,1-2H3,(H,67,84)(H,69,83)(H,73,82)(H,74,87)(H,75,90)(H,76,88)(H,77,89)(H,78,85)(H,79,86)(H4,63,64,70)(H4,65,66,71)/t42-,43-,44-,45-,46+,47-,48-,49-,50-/m0/s1. The molecule has 7 rings (SSSR count). The topological polar surface area (TPSA) is 459 Å². The number of likely N-dealkylation sites (N-methyl/N-ethyl adjacent to an activating group) is 1. The summed E-state index contributed by atoms with van der Waals surface area (Å²) in [6.07, 6.45) is 6.55. The lowest BCUT2D eigenvalue weighted by Gasteiger charge is -2.33. The number of likely N-dealkylation sites (tertiary alicyclic amines) is 2. The molecule has 3 aromatic rings. The van der Waals surface area contributed by atoms with Crippen molar-refractivity contribution >= 4 is 94.0 Å². The Bertz CT molecular complexity index is 3270. The first kappa shape index (κ1) is 69.6. The highest BCUT2D eigenvalue weighted by atomic mass is 16.2. The molecule has 3 saturated heterocycles. The van der Waals surface area contributed by atoms with Crippen molar-refractivity contribution in [2.45, 2.75) is 164 Å². The molecule has 30 heteroatoms. The van der Waals surface area contributed by atoms with Gasteiger partial charge in [-0.25, -0.2) is 0 Å². The molecule has 0 radical (unpaired) electrons. The maximum atomic E-state index is 15.3. The normalized spacial score (nSPS) is 23.3. The predicted molar refractivity (Wildman–Crippen MR) is 342 cm³/mol. The molecule has 4 aliphatic rings. The molecule has 0 spiro atoms. The van der Waals surface area contributed by atoms with E-state index in [0.29, 0.717) is 42.5 Å². The van der Waals surface area contributed by atoms with Crippen molar-refractivity contribution in [3.05, 3.63) is 83.7 Å². The zero-order chi connectivity index (χ0) is 66.3. The molecular weight excluding hydrogens is 1190 g/mol. The first-order valence-corrected chi connectivity index (χ1v) is 31.3. The van der Waals surface area contributed by atoms with E-state index in [4.69, 9.17) is 22.9 Å². The monoisotopic (exact) mass is 1270 g/mol. The van der Waals surface area contributed by atoms with Gasteiger partial charge in [0.15, 0.2) is 11.9 Å². The molecule has 4 aliphatic heterocycles. The number of aromatic amines is 1. The van der Waals surface area contributed by atoms with Crippen LogP contribution in [0.1, 0.15) is 108 Å². The number of para-hydroxylation sites is 1. The van der Waals surface area contributed by atoms with Crippen LogP contribution in [0, 0.1) is 0 Å². The molecule has 92 heavy (non-hydrogen) atoms. The van der Waals surface area contributed by atoms with Crippen LogP contribution in [0.5, 0.6) is 0 Å². The number of amides is 11. The average Bonchev–Trinajstić information content (AvgIpc) is 2.88. The number of guanidine groups is 2. The van der Waals surface area contributed by atoms with Gasteiger partial charge in [-0.3, -0.25) is 67.7 Å². The molecule has 9 atom stereocenters. The minimum atomic E-state index is -1.45. The second-order valence-corrected chi connectivity index (χ2v) is 23.2. The van der Waals surface area contributed by atoms with Gasteiger partial charge >= 0.3 is 0 Å². The third-order valence-corrected chi connectivity index (χ3v) is 16.4. The number of allylic oxidation sites excluding steroid dienone is 1. The summed E-state index contributed by atoms with van der Waals surface area (Å²) in [6, 6.07) is 4.66. The van der Waals surface area contributed by atoms with Crippen molar-refractivity contribution in [3.8, 4) is 0 Å². The number of hydrogen-bond acceptors (Lipinski definition) is 14. The number of carbonyl (C=O) groups is 11. The van der Waals surface area contributed by atoms with Crippen LogP contribution >= 0.6 is 0 Å². The molecule has 3 fully saturated rings. The highest BCUT2D eigenvalue weighted by Crippen LogP contribution is 2.27. The summed E-state index contributed by atoms with van der Waals surface area (Å²) in [5.74, 6) is -7.74. The fourth-order valence-corrected chi connectivity index (χ4v) is 11.8. The Labute approximate surface area is 532 Å². The van der Waals surface area contributed by atoms with Crippen LogP contribution in [0.3, 0.4) is 0 Å². The van der Waals surface area contributed by atoms with Crippen molar-refractivity contribution in [1.29, 1.82) is 0 Å². The third-order valence-electron chi connectivity index (χ3n) is 16.4. The summed E-state index contributed by atoms with van der Waals surface area (Å²) in [5.41, 5.74) is 24.7. The molecule has 0 saturated carbocycles. The molecule has 0 aliphatic carbocycles. The molecule has 0 bridgehead atoms. The van der Waals surface area contributed by atoms with Crippen LogP contribution in [0.15, 0.2) is 87.5 Å². The molecule has 30 nitrogen and oxygen atoms in total. The first-order valence-electron chi connectivity index (χ1n) is 31.3. The number of carbonyl (C=O) groups excluding carboxylic acids is 11. The van der Waals surface area contributed by atoms with Gasteiger partial charge in [-0.1, -0.05) is 54.6 Å². The van der Waals surface area contributed by atoms with Crippen LogP contribution in [0.2, 0.25) is 0 Å². The van der Waals surface area contributed by atoms with Crippen molar-refractivity contribution < 1.29 is 52.7 Å². The Morgan fingerprint density at radius 1 is 0.674 bits per heavy atom. The zero-order valence-corrected chi connectivity index (χ0v) is 52.0. The van der Waals surface area contributed by atoms with E-state index >= 15 is 14.4 Å².